The molecular formula is C20H28O10. The van der Waals surface area contributed by atoms with E-state index in [1.807, 2.05) is 0 Å². The molecule has 0 saturated heterocycles. The van der Waals surface area contributed by atoms with Gasteiger partial charge in [0, 0.05) is 23.3 Å². The fourth-order valence-electron chi connectivity index (χ4n) is 1.16. The second-order valence-corrected chi connectivity index (χ2v) is 5.73. The third-order valence-electron chi connectivity index (χ3n) is 2.68. The van der Waals surface area contributed by atoms with Crippen molar-refractivity contribution in [1.29, 1.82) is 0 Å². The molecule has 0 aliphatic heterocycles. The van der Waals surface area contributed by atoms with E-state index >= 15 is 0 Å². The molecule has 0 aromatic heterocycles. The number of carbonyl (C=O) groups excluding carboxylic acids is 4. The number of ether oxygens (including phenoxy) is 4. The Balaban J connectivity index is 0. The molecule has 0 bridgehead atoms. The highest BCUT2D eigenvalue weighted by molar-refractivity contribution is 5.87. The van der Waals surface area contributed by atoms with Crippen LogP contribution < -0.4 is 0 Å². The molecule has 168 valence electrons. The van der Waals surface area contributed by atoms with Crippen LogP contribution >= 0.6 is 0 Å². The molecule has 2 atom stereocenters. The average molecular weight is 428 g/mol. The second kappa shape index (κ2) is 16.7. The van der Waals surface area contributed by atoms with Gasteiger partial charge in [0.05, 0.1) is 0 Å². The molecule has 0 rings (SSSR count). The summed E-state index contributed by atoms with van der Waals surface area (Å²) in [6.45, 7) is 15.1. The van der Waals surface area contributed by atoms with Gasteiger partial charge in [-0.15, -0.1) is 0 Å². The highest BCUT2D eigenvalue weighted by Crippen LogP contribution is 1.96. The molecule has 2 unspecified atom stereocenters. The van der Waals surface area contributed by atoms with E-state index in [9.17, 15) is 29.4 Å². The highest BCUT2D eigenvalue weighted by Gasteiger charge is 2.11. The van der Waals surface area contributed by atoms with Crippen LogP contribution in [0.2, 0.25) is 0 Å². The van der Waals surface area contributed by atoms with Gasteiger partial charge in [0.15, 0.2) is 0 Å². The van der Waals surface area contributed by atoms with E-state index in [1.165, 1.54) is 13.8 Å². The van der Waals surface area contributed by atoms with Gasteiger partial charge in [0.1, 0.15) is 38.6 Å². The SMILES string of the molecule is C=CC(=O)OCC(O)COC(=O)C(=C)C.C=CC(=O)OCC(O)COC(=O)C(=C)C. The minimum absolute atomic E-state index is 0.240. The highest BCUT2D eigenvalue weighted by atomic mass is 16.6. The van der Waals surface area contributed by atoms with Crippen LogP contribution in [-0.4, -0.2) is 72.7 Å². The lowest BCUT2D eigenvalue weighted by Gasteiger charge is -2.10. The predicted molar refractivity (Wildman–Crippen MR) is 106 cm³/mol. The molecule has 0 radical (unpaired) electrons. The lowest BCUT2D eigenvalue weighted by atomic mass is 10.3. The Morgan fingerprint density at radius 3 is 1.20 bits per heavy atom. The van der Waals surface area contributed by atoms with Crippen LogP contribution in [0.1, 0.15) is 13.8 Å². The van der Waals surface area contributed by atoms with Gasteiger partial charge in [-0.3, -0.25) is 0 Å². The molecule has 0 aliphatic carbocycles. The van der Waals surface area contributed by atoms with Gasteiger partial charge < -0.3 is 29.2 Å². The molecule has 0 aliphatic rings. The molecule has 0 aromatic carbocycles. The summed E-state index contributed by atoms with van der Waals surface area (Å²) in [5.74, 6) is -2.46. The molecular weight excluding hydrogens is 400 g/mol. The lowest BCUT2D eigenvalue weighted by Crippen LogP contribution is -2.25. The smallest absolute Gasteiger partial charge is 0.333 e. The van der Waals surface area contributed by atoms with E-state index in [4.69, 9.17) is 0 Å². The number of hydrogen-bond donors (Lipinski definition) is 2. The Bertz CT molecular complexity index is 594. The number of rotatable bonds is 12. The van der Waals surface area contributed by atoms with Crippen molar-refractivity contribution in [3.8, 4) is 0 Å². The Labute approximate surface area is 175 Å². The van der Waals surface area contributed by atoms with Crippen molar-refractivity contribution >= 4 is 23.9 Å². The Morgan fingerprint density at radius 2 is 0.967 bits per heavy atom. The van der Waals surface area contributed by atoms with Crippen LogP contribution in [0.4, 0.5) is 0 Å². The average Bonchev–Trinajstić information content (AvgIpc) is 2.72. The van der Waals surface area contributed by atoms with Crippen LogP contribution in [0.15, 0.2) is 49.6 Å². The fourth-order valence-corrected chi connectivity index (χ4v) is 1.16. The minimum atomic E-state index is -1.04. The molecule has 10 heteroatoms. The summed E-state index contributed by atoms with van der Waals surface area (Å²) in [7, 11) is 0. The van der Waals surface area contributed by atoms with Gasteiger partial charge in [0.2, 0.25) is 0 Å². The minimum Gasteiger partial charge on any atom is -0.460 e. The molecule has 30 heavy (non-hydrogen) atoms. The monoisotopic (exact) mass is 428 g/mol. The van der Waals surface area contributed by atoms with Crippen molar-refractivity contribution in [3.63, 3.8) is 0 Å². The molecule has 0 amide bonds. The van der Waals surface area contributed by atoms with Crippen molar-refractivity contribution < 1.29 is 48.3 Å². The van der Waals surface area contributed by atoms with Crippen molar-refractivity contribution in [1.82, 2.24) is 0 Å². The Morgan fingerprint density at radius 1 is 0.700 bits per heavy atom. The summed E-state index contributed by atoms with van der Waals surface area (Å²) in [6.07, 6.45) is -0.131. The van der Waals surface area contributed by atoms with Gasteiger partial charge in [-0.25, -0.2) is 19.2 Å². The number of esters is 4. The zero-order valence-electron chi connectivity index (χ0n) is 17.1. The summed E-state index contributed by atoms with van der Waals surface area (Å²) < 4.78 is 18.3. The zero-order valence-corrected chi connectivity index (χ0v) is 17.1. The first-order valence-electron chi connectivity index (χ1n) is 8.54. The van der Waals surface area contributed by atoms with Gasteiger partial charge in [-0.05, 0) is 13.8 Å². The van der Waals surface area contributed by atoms with Gasteiger partial charge in [-0.1, -0.05) is 26.3 Å². The maximum absolute atomic E-state index is 10.9. The topological polar surface area (TPSA) is 146 Å². The maximum Gasteiger partial charge on any atom is 0.333 e. The van der Waals surface area contributed by atoms with Crippen molar-refractivity contribution in [2.24, 2.45) is 0 Å². The van der Waals surface area contributed by atoms with E-state index < -0.39 is 36.1 Å². The fraction of sp³-hybridized carbons (Fsp3) is 0.400. The molecule has 0 aromatic rings. The molecule has 0 spiro atoms. The third kappa shape index (κ3) is 16.9. The number of carbonyl (C=O) groups is 4. The summed E-state index contributed by atoms with van der Waals surface area (Å²) in [5.41, 5.74) is 0.482. The largest absolute Gasteiger partial charge is 0.460 e. The van der Waals surface area contributed by atoms with Crippen LogP contribution in [-0.2, 0) is 38.1 Å². The molecule has 0 heterocycles. The molecule has 0 fully saturated rings. The van der Waals surface area contributed by atoms with Crippen LogP contribution in [0.25, 0.3) is 0 Å². The van der Waals surface area contributed by atoms with Gasteiger partial charge in [0.25, 0.3) is 0 Å². The summed E-state index contributed by atoms with van der Waals surface area (Å²) in [5, 5.41) is 18.4. The summed E-state index contributed by atoms with van der Waals surface area (Å²) in [6, 6.07) is 0. The quantitative estimate of drug-likeness (QED) is 0.254. The normalized spacial score (nSPS) is 11.3. The van der Waals surface area contributed by atoms with Crippen LogP contribution in [0.5, 0.6) is 0 Å². The first kappa shape index (κ1) is 29.0. The van der Waals surface area contributed by atoms with Crippen LogP contribution in [0, 0.1) is 0 Å². The third-order valence-corrected chi connectivity index (χ3v) is 2.68. The van der Waals surface area contributed by atoms with E-state index in [-0.39, 0.29) is 37.6 Å². The van der Waals surface area contributed by atoms with E-state index in [1.54, 1.807) is 0 Å². The van der Waals surface area contributed by atoms with Gasteiger partial charge in [-0.2, -0.15) is 0 Å². The van der Waals surface area contributed by atoms with Gasteiger partial charge >= 0.3 is 23.9 Å². The number of aliphatic hydroxyl groups is 2. The predicted octanol–water partition coefficient (Wildman–Crippen LogP) is 0.392. The van der Waals surface area contributed by atoms with Crippen LogP contribution in [0.3, 0.4) is 0 Å². The standard InChI is InChI=1S/2C10H14O5/c2*1-4-9(12)14-5-8(11)6-15-10(13)7(2)3/h2*4,8,11H,1-2,5-6H2,3H3. The van der Waals surface area contributed by atoms with E-state index in [0.29, 0.717) is 0 Å². The Kier molecular flexibility index (Phi) is 16.1. The molecule has 0 saturated carbocycles. The summed E-state index contributed by atoms with van der Waals surface area (Å²) >= 11 is 0. The van der Waals surface area contributed by atoms with Crippen molar-refractivity contribution in [3.05, 3.63) is 49.6 Å². The van der Waals surface area contributed by atoms with Crippen molar-refractivity contribution in [2.75, 3.05) is 26.4 Å². The van der Waals surface area contributed by atoms with E-state index in [0.717, 1.165) is 12.2 Å². The Hall–Kier alpha value is -3.24. The van der Waals surface area contributed by atoms with E-state index in [2.05, 4.69) is 45.3 Å². The molecule has 10 nitrogen and oxygen atoms in total. The second-order valence-electron chi connectivity index (χ2n) is 5.73. The molecule has 2 N–H and O–H groups in total. The van der Waals surface area contributed by atoms with Crippen molar-refractivity contribution in [2.45, 2.75) is 26.1 Å². The number of hydrogen-bond acceptors (Lipinski definition) is 10. The first-order chi connectivity index (χ1) is 13.9. The first-order valence-corrected chi connectivity index (χ1v) is 8.54. The number of aliphatic hydroxyl groups excluding tert-OH is 2. The lowest BCUT2D eigenvalue weighted by molar-refractivity contribution is -0.148. The maximum atomic E-state index is 10.9. The summed E-state index contributed by atoms with van der Waals surface area (Å²) in [4.78, 5) is 42.9. The zero-order chi connectivity index (χ0) is 23.7.